The highest BCUT2D eigenvalue weighted by Crippen LogP contribution is 2.44. The SMILES string of the molecule is COC(=O)[C@@H]1O[B-]2([C@@H](CC(=O)[C@H](Cc3ccccc3)NC(=O)c3cnccn3)CC(C)C)OC(=O)[C@H]1[OH+]2. The molecule has 0 saturated carbocycles. The standard InChI is InChI=1S/C25H30BN3O8/c1-15(2)11-17(26-35-21(24(32)34-3)22(36-26)25(33)37-26)13-20(30)18(12-16-7-5-4-6-8-16)29-23(31)19-14-27-9-10-28-19/h4-10,14-15,17-18,21-22,36H,11-13H2,1-3H3,(H,29,31)/t17-,18+,21-,22+,26?/m1/s1. The maximum atomic E-state index is 13.7. The molecule has 1 aromatic heterocycles. The molecule has 196 valence electrons. The highest BCUT2D eigenvalue weighted by molar-refractivity contribution is 6.66. The molecule has 5 atom stereocenters. The first kappa shape index (κ1) is 26.4. The molecule has 12 heteroatoms. The largest absolute Gasteiger partial charge is 0.630 e. The lowest BCUT2D eigenvalue weighted by Crippen LogP contribution is -2.52. The topological polar surface area (TPSA) is 147 Å². The molecule has 2 aliphatic heterocycles. The fourth-order valence-electron chi connectivity index (χ4n) is 4.88. The smallest absolute Gasteiger partial charge is 0.608 e. The molecular formula is C25H30BN3O8. The molecule has 2 saturated heterocycles. The number of methoxy groups -OCH3 is 1. The fraction of sp³-hybridized carbons (Fsp3) is 0.440. The average Bonchev–Trinajstić information content (AvgIpc) is 3.44. The highest BCUT2D eigenvalue weighted by atomic mass is 16.8. The zero-order valence-electron chi connectivity index (χ0n) is 20.9. The van der Waals surface area contributed by atoms with Crippen molar-refractivity contribution in [1.29, 1.82) is 0 Å². The number of carbonyl (C=O) groups is 4. The Kier molecular flexibility index (Phi) is 7.99. The second-order valence-electron chi connectivity index (χ2n) is 9.71. The second kappa shape index (κ2) is 11.2. The van der Waals surface area contributed by atoms with Crippen molar-refractivity contribution in [2.45, 2.75) is 57.2 Å². The summed E-state index contributed by atoms with van der Waals surface area (Å²) in [4.78, 5) is 59.2. The molecule has 1 unspecified atom stereocenters. The summed E-state index contributed by atoms with van der Waals surface area (Å²) in [6.07, 6.45) is 2.44. The average molecular weight is 511 g/mol. The molecule has 11 nitrogen and oxygen atoms in total. The van der Waals surface area contributed by atoms with Crippen molar-refractivity contribution in [1.82, 2.24) is 15.3 Å². The maximum absolute atomic E-state index is 13.7. The molecule has 1 amide bonds. The van der Waals surface area contributed by atoms with Crippen LogP contribution >= 0.6 is 0 Å². The molecule has 2 bridgehead atoms. The van der Waals surface area contributed by atoms with E-state index in [9.17, 15) is 19.2 Å². The fourth-order valence-corrected chi connectivity index (χ4v) is 4.88. The number of Topliss-reactive ketones (excluding diaryl/α,β-unsaturated/α-hetero) is 1. The van der Waals surface area contributed by atoms with Crippen molar-refractivity contribution in [3.8, 4) is 0 Å². The monoisotopic (exact) mass is 511 g/mol. The molecule has 2 N–H and O–H groups in total. The van der Waals surface area contributed by atoms with Crippen LogP contribution in [0.1, 0.15) is 42.7 Å². The van der Waals surface area contributed by atoms with Gasteiger partial charge in [0.05, 0.1) is 19.3 Å². The first-order valence-corrected chi connectivity index (χ1v) is 12.2. The summed E-state index contributed by atoms with van der Waals surface area (Å²) in [5.41, 5.74) is 0.932. The van der Waals surface area contributed by atoms with Gasteiger partial charge in [0.25, 0.3) is 5.91 Å². The molecule has 2 fully saturated rings. The van der Waals surface area contributed by atoms with Crippen molar-refractivity contribution >= 4 is 30.4 Å². The van der Waals surface area contributed by atoms with Crippen LogP contribution in [0.5, 0.6) is 0 Å². The minimum absolute atomic E-state index is 0.0810. The van der Waals surface area contributed by atoms with Crippen LogP contribution in [0.4, 0.5) is 0 Å². The lowest BCUT2D eigenvalue weighted by Gasteiger charge is -2.34. The van der Waals surface area contributed by atoms with Crippen LogP contribution in [-0.4, -0.2) is 70.4 Å². The zero-order valence-corrected chi connectivity index (χ0v) is 20.9. The van der Waals surface area contributed by atoms with E-state index < -0.39 is 48.7 Å². The van der Waals surface area contributed by atoms with E-state index in [2.05, 4.69) is 19.9 Å². The Bertz CT molecular complexity index is 1150. The Balaban J connectivity index is 1.58. The van der Waals surface area contributed by atoms with E-state index in [0.29, 0.717) is 6.42 Å². The van der Waals surface area contributed by atoms with E-state index in [-0.39, 0.29) is 30.2 Å². The van der Waals surface area contributed by atoms with Gasteiger partial charge in [0, 0.05) is 12.4 Å². The summed E-state index contributed by atoms with van der Waals surface area (Å²) in [6, 6.07) is 8.39. The molecular weight excluding hydrogens is 481 g/mol. The van der Waals surface area contributed by atoms with Gasteiger partial charge in [-0.2, -0.15) is 0 Å². The third kappa shape index (κ3) is 5.86. The molecule has 2 aromatic rings. The summed E-state index contributed by atoms with van der Waals surface area (Å²) in [5.74, 6) is -2.73. The summed E-state index contributed by atoms with van der Waals surface area (Å²) in [7, 11) is 1.20. The third-order valence-electron chi connectivity index (χ3n) is 6.56. The van der Waals surface area contributed by atoms with Crippen LogP contribution in [0.15, 0.2) is 48.9 Å². The molecule has 2 aliphatic rings. The Labute approximate surface area is 214 Å². The predicted molar refractivity (Wildman–Crippen MR) is 131 cm³/mol. The second-order valence-corrected chi connectivity index (χ2v) is 9.71. The maximum Gasteiger partial charge on any atom is 0.630 e. The predicted octanol–water partition coefficient (Wildman–Crippen LogP) is 1.16. The van der Waals surface area contributed by atoms with Gasteiger partial charge in [0.2, 0.25) is 6.10 Å². The minimum atomic E-state index is -2.60. The Morgan fingerprint density at radius 1 is 1.19 bits per heavy atom. The number of ether oxygens (including phenoxy) is 1. The van der Waals surface area contributed by atoms with E-state index >= 15 is 0 Å². The van der Waals surface area contributed by atoms with Crippen molar-refractivity contribution in [3.05, 3.63) is 60.2 Å². The van der Waals surface area contributed by atoms with Crippen LogP contribution in [0, 0.1) is 5.92 Å². The number of nitrogens with one attached hydrogen (secondary N) is 1. The van der Waals surface area contributed by atoms with E-state index in [1.54, 1.807) is 0 Å². The molecule has 0 spiro atoms. The number of hydrogen-bond donors (Lipinski definition) is 1. The quantitative estimate of drug-likeness (QED) is 0.267. The number of rotatable bonds is 11. The molecule has 0 radical (unpaired) electrons. The van der Waals surface area contributed by atoms with Gasteiger partial charge in [0.15, 0.2) is 11.9 Å². The molecule has 0 aliphatic carbocycles. The highest BCUT2D eigenvalue weighted by Gasteiger charge is 2.69. The van der Waals surface area contributed by atoms with Crippen LogP contribution < -0.4 is 5.32 Å². The van der Waals surface area contributed by atoms with Gasteiger partial charge in [-0.3, -0.25) is 14.6 Å². The van der Waals surface area contributed by atoms with Crippen LogP contribution in [0.25, 0.3) is 0 Å². The number of amides is 1. The Morgan fingerprint density at radius 2 is 1.95 bits per heavy atom. The number of hydrogen-bond acceptors (Lipinski definition) is 9. The van der Waals surface area contributed by atoms with Crippen LogP contribution in [-0.2, 0) is 34.9 Å². The number of fused-ring (bicyclic) bond motifs is 2. The van der Waals surface area contributed by atoms with E-state index in [1.165, 1.54) is 25.7 Å². The Morgan fingerprint density at radius 3 is 2.59 bits per heavy atom. The van der Waals surface area contributed by atoms with Gasteiger partial charge >= 0.3 is 18.7 Å². The van der Waals surface area contributed by atoms with Gasteiger partial charge < -0.3 is 24.0 Å². The van der Waals surface area contributed by atoms with Gasteiger partial charge in [-0.1, -0.05) is 50.6 Å². The van der Waals surface area contributed by atoms with E-state index in [0.717, 1.165) is 5.56 Å². The van der Waals surface area contributed by atoms with Crippen molar-refractivity contribution in [2.75, 3.05) is 7.11 Å². The van der Waals surface area contributed by atoms with Gasteiger partial charge in [-0.05, 0) is 30.1 Å². The molecule has 3 heterocycles. The lowest BCUT2D eigenvalue weighted by molar-refractivity contribution is -0.161. The first-order chi connectivity index (χ1) is 17.7. The Hall–Kier alpha value is -3.64. The summed E-state index contributed by atoms with van der Waals surface area (Å²) < 4.78 is 20.7. The molecule has 1 aromatic carbocycles. The van der Waals surface area contributed by atoms with Crippen LogP contribution in [0.3, 0.4) is 0 Å². The number of ketones is 1. The molecule has 4 rings (SSSR count). The van der Waals surface area contributed by atoms with Crippen molar-refractivity contribution in [3.63, 3.8) is 0 Å². The minimum Gasteiger partial charge on any atom is -0.608 e. The number of benzene rings is 1. The summed E-state index contributed by atoms with van der Waals surface area (Å²) >= 11 is 0. The van der Waals surface area contributed by atoms with E-state index in [1.807, 2.05) is 44.2 Å². The molecule has 37 heavy (non-hydrogen) atoms. The number of aromatic nitrogens is 2. The summed E-state index contributed by atoms with van der Waals surface area (Å²) in [6.45, 7) is 1.32. The third-order valence-corrected chi connectivity index (χ3v) is 6.56. The number of nitrogens with zero attached hydrogens (tertiary/aromatic N) is 2. The summed E-state index contributed by atoms with van der Waals surface area (Å²) in [5, 5.41) is 2.78. The van der Waals surface area contributed by atoms with Crippen molar-refractivity contribution in [2.24, 2.45) is 5.92 Å². The van der Waals surface area contributed by atoms with Gasteiger partial charge in [0.1, 0.15) is 5.69 Å². The zero-order chi connectivity index (χ0) is 26.6. The van der Waals surface area contributed by atoms with Gasteiger partial charge in [-0.15, -0.1) is 0 Å². The van der Waals surface area contributed by atoms with E-state index in [4.69, 9.17) is 14.0 Å². The lowest BCUT2D eigenvalue weighted by atomic mass is 9.58. The van der Waals surface area contributed by atoms with Gasteiger partial charge in [-0.25, -0.2) is 14.6 Å². The number of aliphatic hydroxyl groups is 1. The van der Waals surface area contributed by atoms with Crippen LogP contribution in [0.2, 0.25) is 5.82 Å². The van der Waals surface area contributed by atoms with Crippen molar-refractivity contribution < 1.29 is 37.9 Å². The number of esters is 1. The normalized spacial score (nSPS) is 23.8. The number of carbonyl (C=O) groups excluding carboxylic acids is 4. The first-order valence-electron chi connectivity index (χ1n) is 12.2.